The van der Waals surface area contributed by atoms with Gasteiger partial charge in [-0.15, -0.1) is 0 Å². The van der Waals surface area contributed by atoms with Crippen LogP contribution in [0.3, 0.4) is 0 Å². The molecule has 3 heterocycles. The van der Waals surface area contributed by atoms with E-state index in [9.17, 15) is 0 Å². The molecule has 0 unspecified atom stereocenters. The molecule has 0 saturated heterocycles. The molecule has 0 radical (unpaired) electrons. The largest absolute Gasteiger partial charge is 0.300 e. The minimum Gasteiger partial charge on any atom is -0.300 e. The Morgan fingerprint density at radius 3 is 2.70 bits per heavy atom. The summed E-state index contributed by atoms with van der Waals surface area (Å²) in [5.74, 6) is 0. The van der Waals surface area contributed by atoms with E-state index in [1.54, 1.807) is 29.1 Å². The molecule has 3 aromatic rings. The molecule has 6 heteroatoms. The molecule has 0 aliphatic heterocycles. The van der Waals surface area contributed by atoms with Gasteiger partial charge in [0.25, 0.3) is 0 Å². The lowest BCUT2D eigenvalue weighted by Crippen LogP contribution is -1.94. The van der Waals surface area contributed by atoms with Gasteiger partial charge in [0.1, 0.15) is 0 Å². The van der Waals surface area contributed by atoms with Crippen LogP contribution in [-0.4, -0.2) is 14.4 Å². The van der Waals surface area contributed by atoms with Gasteiger partial charge in [0.05, 0.1) is 33.9 Å². The van der Waals surface area contributed by atoms with Crippen molar-refractivity contribution in [1.82, 2.24) is 14.4 Å². The van der Waals surface area contributed by atoms with Crippen molar-refractivity contribution in [3.8, 4) is 17.3 Å². The van der Waals surface area contributed by atoms with Crippen molar-refractivity contribution >= 4 is 28.8 Å². The van der Waals surface area contributed by atoms with Crippen LogP contribution in [0.2, 0.25) is 10.0 Å². The topological polar surface area (TPSA) is 54.0 Å². The average Bonchev–Trinajstić information content (AvgIpc) is 2.80. The third kappa shape index (κ3) is 2.11. The van der Waals surface area contributed by atoms with E-state index < -0.39 is 0 Å². The number of halogens is 2. The second kappa shape index (κ2) is 5.12. The summed E-state index contributed by atoms with van der Waals surface area (Å²) < 4.78 is 1.77. The molecule has 4 nitrogen and oxygen atoms in total. The highest BCUT2D eigenvalue weighted by atomic mass is 35.5. The van der Waals surface area contributed by atoms with E-state index in [2.05, 4.69) is 16.0 Å². The molecule has 0 amide bonds. The predicted octanol–water partition coefficient (Wildman–Crippen LogP) is 3.77. The molecule has 0 saturated carbocycles. The van der Waals surface area contributed by atoms with Gasteiger partial charge < -0.3 is 0 Å². The number of nitrogens with zero attached hydrogens (tertiary/aromatic N) is 4. The standard InChI is InChI=1S/C14H8Cl2N4/c15-10-7-11(16)14-19-13(9-2-5-18-6-3-9)12(1-4-17)20(14)8-10/h2-3,5-8H,1H2. The van der Waals surface area contributed by atoms with Gasteiger partial charge in [0.2, 0.25) is 0 Å². The number of aromatic nitrogens is 3. The van der Waals surface area contributed by atoms with Crippen LogP contribution >= 0.6 is 23.2 Å². The zero-order chi connectivity index (χ0) is 14.1. The molecule has 3 aromatic heterocycles. The molecule has 0 N–H and O–H groups in total. The Balaban J connectivity index is 2.35. The van der Waals surface area contributed by atoms with Crippen LogP contribution in [0.5, 0.6) is 0 Å². The van der Waals surface area contributed by atoms with Crippen LogP contribution in [0.15, 0.2) is 36.8 Å². The van der Waals surface area contributed by atoms with Crippen molar-refractivity contribution in [2.75, 3.05) is 0 Å². The molecular formula is C14H8Cl2N4. The molecule has 20 heavy (non-hydrogen) atoms. The number of fused-ring (bicyclic) bond motifs is 1. The van der Waals surface area contributed by atoms with Gasteiger partial charge >= 0.3 is 0 Å². The van der Waals surface area contributed by atoms with E-state index in [-0.39, 0.29) is 6.42 Å². The molecule has 0 bridgehead atoms. The van der Waals surface area contributed by atoms with Gasteiger partial charge in [0, 0.05) is 24.2 Å². The molecule has 0 aromatic carbocycles. The first-order chi connectivity index (χ1) is 9.70. The van der Waals surface area contributed by atoms with E-state index >= 15 is 0 Å². The van der Waals surface area contributed by atoms with E-state index in [4.69, 9.17) is 28.5 Å². The van der Waals surface area contributed by atoms with Gasteiger partial charge in [-0.1, -0.05) is 23.2 Å². The quantitative estimate of drug-likeness (QED) is 0.724. The summed E-state index contributed by atoms with van der Waals surface area (Å²) in [4.78, 5) is 8.52. The number of imidazole rings is 1. The number of hydrogen-bond donors (Lipinski definition) is 0. The Labute approximate surface area is 125 Å². The van der Waals surface area contributed by atoms with E-state index in [0.29, 0.717) is 15.7 Å². The highest BCUT2D eigenvalue weighted by Crippen LogP contribution is 2.29. The Bertz CT molecular complexity index is 819. The second-order valence-corrected chi connectivity index (χ2v) is 5.02. The van der Waals surface area contributed by atoms with Crippen molar-refractivity contribution in [2.45, 2.75) is 6.42 Å². The van der Waals surface area contributed by atoms with Crippen LogP contribution in [-0.2, 0) is 6.42 Å². The van der Waals surface area contributed by atoms with Crippen molar-refractivity contribution in [3.05, 3.63) is 52.5 Å². The summed E-state index contributed by atoms with van der Waals surface area (Å²) in [5.41, 5.74) is 2.96. The van der Waals surface area contributed by atoms with Crippen molar-refractivity contribution in [3.63, 3.8) is 0 Å². The third-order valence-corrected chi connectivity index (χ3v) is 3.43. The van der Waals surface area contributed by atoms with Crippen LogP contribution < -0.4 is 0 Å². The van der Waals surface area contributed by atoms with Gasteiger partial charge in [0.15, 0.2) is 5.65 Å². The van der Waals surface area contributed by atoms with Crippen molar-refractivity contribution in [2.24, 2.45) is 0 Å². The van der Waals surface area contributed by atoms with E-state index in [0.717, 1.165) is 17.0 Å². The lowest BCUT2D eigenvalue weighted by Gasteiger charge is -2.02. The number of rotatable bonds is 2. The maximum absolute atomic E-state index is 9.04. The van der Waals surface area contributed by atoms with Crippen LogP contribution in [0.4, 0.5) is 0 Å². The predicted molar refractivity (Wildman–Crippen MR) is 77.8 cm³/mol. The van der Waals surface area contributed by atoms with Crippen LogP contribution in [0.1, 0.15) is 5.69 Å². The summed E-state index contributed by atoms with van der Waals surface area (Å²) in [6.07, 6.45) is 5.30. The first kappa shape index (κ1) is 12.9. The second-order valence-electron chi connectivity index (χ2n) is 4.18. The summed E-state index contributed by atoms with van der Waals surface area (Å²) in [7, 11) is 0. The van der Waals surface area contributed by atoms with Gasteiger partial charge in [-0.05, 0) is 18.2 Å². The Morgan fingerprint density at radius 2 is 2.00 bits per heavy atom. The summed E-state index contributed by atoms with van der Waals surface area (Å²) in [5, 5.41) is 9.99. The average molecular weight is 303 g/mol. The molecule has 0 aliphatic rings. The first-order valence-corrected chi connectivity index (χ1v) is 6.59. The lowest BCUT2D eigenvalue weighted by molar-refractivity contribution is 1.06. The van der Waals surface area contributed by atoms with E-state index in [1.165, 1.54) is 0 Å². The number of nitriles is 1. The maximum atomic E-state index is 9.04. The Kier molecular flexibility index (Phi) is 3.31. The summed E-state index contributed by atoms with van der Waals surface area (Å²) in [6.45, 7) is 0. The number of hydrogen-bond acceptors (Lipinski definition) is 3. The zero-order valence-corrected chi connectivity index (χ0v) is 11.7. The highest BCUT2D eigenvalue weighted by Gasteiger charge is 2.16. The Morgan fingerprint density at radius 1 is 1.25 bits per heavy atom. The smallest absolute Gasteiger partial charge is 0.156 e. The molecule has 98 valence electrons. The fourth-order valence-electron chi connectivity index (χ4n) is 2.10. The summed E-state index contributed by atoms with van der Waals surface area (Å²) >= 11 is 12.2. The van der Waals surface area contributed by atoms with Gasteiger partial charge in [-0.3, -0.25) is 9.38 Å². The van der Waals surface area contributed by atoms with Crippen LogP contribution in [0.25, 0.3) is 16.9 Å². The molecule has 0 aliphatic carbocycles. The minimum absolute atomic E-state index is 0.218. The maximum Gasteiger partial charge on any atom is 0.156 e. The fraction of sp³-hybridized carbons (Fsp3) is 0.0714. The Hall–Kier alpha value is -2.09. The third-order valence-electron chi connectivity index (χ3n) is 2.94. The van der Waals surface area contributed by atoms with Crippen molar-refractivity contribution in [1.29, 1.82) is 5.26 Å². The van der Waals surface area contributed by atoms with E-state index in [1.807, 2.05) is 12.1 Å². The molecule has 0 fully saturated rings. The van der Waals surface area contributed by atoms with Crippen molar-refractivity contribution < 1.29 is 0 Å². The number of pyridine rings is 2. The molecule has 0 spiro atoms. The lowest BCUT2D eigenvalue weighted by atomic mass is 10.1. The highest BCUT2D eigenvalue weighted by molar-refractivity contribution is 6.36. The molecule has 3 rings (SSSR count). The normalized spacial score (nSPS) is 10.7. The van der Waals surface area contributed by atoms with Crippen LogP contribution in [0, 0.1) is 11.3 Å². The van der Waals surface area contributed by atoms with Gasteiger partial charge in [-0.2, -0.15) is 5.26 Å². The molecular weight excluding hydrogens is 295 g/mol. The molecule has 0 atom stereocenters. The fourth-order valence-corrected chi connectivity index (χ4v) is 2.62. The summed E-state index contributed by atoms with van der Waals surface area (Å²) in [6, 6.07) is 7.48. The first-order valence-electron chi connectivity index (χ1n) is 5.84. The minimum atomic E-state index is 0.218. The van der Waals surface area contributed by atoms with Gasteiger partial charge in [-0.25, -0.2) is 4.98 Å². The monoisotopic (exact) mass is 302 g/mol. The zero-order valence-electron chi connectivity index (χ0n) is 10.2. The SMILES string of the molecule is N#CCc1c(-c2ccncc2)nc2c(Cl)cc(Cl)cn12.